The number of hydrogen-bond acceptors (Lipinski definition) is 5. The number of ether oxygens (including phenoxy) is 2. The molecule has 0 aromatic heterocycles. The fourth-order valence-electron chi connectivity index (χ4n) is 3.37. The van der Waals surface area contributed by atoms with E-state index in [1.54, 1.807) is 6.07 Å². The monoisotopic (exact) mass is 367 g/mol. The van der Waals surface area contributed by atoms with Crippen molar-refractivity contribution in [1.29, 1.82) is 0 Å². The summed E-state index contributed by atoms with van der Waals surface area (Å²) in [5.41, 5.74) is 0. The third kappa shape index (κ3) is 4.45. The van der Waals surface area contributed by atoms with Gasteiger partial charge in [0.25, 0.3) is 0 Å². The lowest BCUT2D eigenvalue weighted by atomic mass is 9.86. The molecule has 3 rings (SSSR count). The molecule has 2 atom stereocenters. The number of sulfone groups is 1. The molecule has 0 saturated heterocycles. The molecule has 138 valence electrons. The molecule has 1 heterocycles. The number of rotatable bonds is 5. The standard InChI is InChI=1S/C18H25NO5S/c1-13-4-2-3-5-15(13)19-18(20)8-11-25(21,22)14-6-7-16-17(12-14)24-10-9-23-16/h6-7,12-13,15H,2-5,8-11H2,1H3,(H,19,20)/t13-,15-/m1/s1. The van der Waals surface area contributed by atoms with Crippen LogP contribution in [0.1, 0.15) is 39.0 Å². The number of benzene rings is 1. The molecule has 1 aliphatic heterocycles. The Morgan fingerprint density at radius 1 is 1.16 bits per heavy atom. The average molecular weight is 367 g/mol. The van der Waals surface area contributed by atoms with E-state index in [0.29, 0.717) is 30.6 Å². The predicted octanol–water partition coefficient (Wildman–Crippen LogP) is 2.32. The van der Waals surface area contributed by atoms with E-state index in [9.17, 15) is 13.2 Å². The van der Waals surface area contributed by atoms with Gasteiger partial charge in [-0.2, -0.15) is 0 Å². The molecule has 0 radical (unpaired) electrons. The first-order valence-corrected chi connectivity index (χ1v) is 10.5. The Kier molecular flexibility index (Phi) is 5.51. The minimum Gasteiger partial charge on any atom is -0.486 e. The summed E-state index contributed by atoms with van der Waals surface area (Å²) in [6, 6.07) is 4.75. The van der Waals surface area contributed by atoms with Gasteiger partial charge in [0.2, 0.25) is 5.91 Å². The van der Waals surface area contributed by atoms with Crippen molar-refractivity contribution in [2.45, 2.75) is 50.0 Å². The van der Waals surface area contributed by atoms with Crippen molar-refractivity contribution in [1.82, 2.24) is 5.32 Å². The van der Waals surface area contributed by atoms with Crippen molar-refractivity contribution in [2.75, 3.05) is 19.0 Å². The van der Waals surface area contributed by atoms with Crippen molar-refractivity contribution in [3.05, 3.63) is 18.2 Å². The molecule has 1 saturated carbocycles. The highest BCUT2D eigenvalue weighted by Gasteiger charge is 2.24. The Balaban J connectivity index is 1.59. The van der Waals surface area contributed by atoms with Crippen LogP contribution in [0.3, 0.4) is 0 Å². The lowest BCUT2D eigenvalue weighted by molar-refractivity contribution is -0.122. The van der Waals surface area contributed by atoms with E-state index in [1.165, 1.54) is 18.6 Å². The average Bonchev–Trinajstić information content (AvgIpc) is 2.62. The molecule has 1 aromatic rings. The second-order valence-electron chi connectivity index (χ2n) is 6.81. The molecular weight excluding hydrogens is 342 g/mol. The summed E-state index contributed by atoms with van der Waals surface area (Å²) in [6.45, 7) is 2.99. The molecule has 1 fully saturated rings. The fourth-order valence-corrected chi connectivity index (χ4v) is 4.62. The lowest BCUT2D eigenvalue weighted by Crippen LogP contribution is -2.41. The zero-order valence-electron chi connectivity index (χ0n) is 14.5. The molecule has 1 amide bonds. The summed E-state index contributed by atoms with van der Waals surface area (Å²) in [5, 5.41) is 2.99. The van der Waals surface area contributed by atoms with Crippen LogP contribution in [0.15, 0.2) is 23.1 Å². The van der Waals surface area contributed by atoms with Crippen LogP contribution >= 0.6 is 0 Å². The Morgan fingerprint density at radius 3 is 2.64 bits per heavy atom. The van der Waals surface area contributed by atoms with E-state index in [1.807, 2.05) is 0 Å². The van der Waals surface area contributed by atoms with Gasteiger partial charge in [-0.05, 0) is 30.9 Å². The number of carbonyl (C=O) groups excluding carboxylic acids is 1. The number of fused-ring (bicyclic) bond motifs is 1. The molecule has 25 heavy (non-hydrogen) atoms. The first-order chi connectivity index (χ1) is 12.0. The normalized spacial score (nSPS) is 23.1. The van der Waals surface area contributed by atoms with Gasteiger partial charge in [-0.25, -0.2) is 8.42 Å². The van der Waals surface area contributed by atoms with Gasteiger partial charge in [0, 0.05) is 18.5 Å². The minimum absolute atomic E-state index is 0.0278. The van der Waals surface area contributed by atoms with Crippen LogP contribution in [0, 0.1) is 5.92 Å². The van der Waals surface area contributed by atoms with Gasteiger partial charge in [-0.1, -0.05) is 19.8 Å². The van der Waals surface area contributed by atoms with E-state index >= 15 is 0 Å². The van der Waals surface area contributed by atoms with Crippen molar-refractivity contribution >= 4 is 15.7 Å². The second kappa shape index (κ2) is 7.64. The summed E-state index contributed by atoms with van der Waals surface area (Å²) in [5.74, 6) is 1.04. The zero-order chi connectivity index (χ0) is 17.9. The molecule has 1 aromatic carbocycles. The third-order valence-electron chi connectivity index (χ3n) is 4.93. The Hall–Kier alpha value is -1.76. The minimum atomic E-state index is -3.54. The van der Waals surface area contributed by atoms with E-state index in [4.69, 9.17) is 9.47 Å². The van der Waals surface area contributed by atoms with Crippen molar-refractivity contribution in [2.24, 2.45) is 5.92 Å². The Bertz CT molecular complexity index is 731. The number of amides is 1. The summed E-state index contributed by atoms with van der Waals surface area (Å²) < 4.78 is 35.8. The first-order valence-electron chi connectivity index (χ1n) is 8.87. The van der Waals surface area contributed by atoms with Crippen LogP contribution < -0.4 is 14.8 Å². The summed E-state index contributed by atoms with van der Waals surface area (Å²) in [7, 11) is -3.54. The van der Waals surface area contributed by atoms with Crippen LogP contribution in [-0.2, 0) is 14.6 Å². The second-order valence-corrected chi connectivity index (χ2v) is 8.92. The zero-order valence-corrected chi connectivity index (χ0v) is 15.3. The summed E-state index contributed by atoms with van der Waals surface area (Å²) >= 11 is 0. The van der Waals surface area contributed by atoms with Gasteiger partial charge in [0.15, 0.2) is 21.3 Å². The third-order valence-corrected chi connectivity index (χ3v) is 6.64. The quantitative estimate of drug-likeness (QED) is 0.864. The first kappa shape index (κ1) is 18.0. The van der Waals surface area contributed by atoms with Crippen LogP contribution in [0.4, 0.5) is 0 Å². The van der Waals surface area contributed by atoms with E-state index < -0.39 is 9.84 Å². The molecule has 0 spiro atoms. The van der Waals surface area contributed by atoms with Crippen LogP contribution in [0.5, 0.6) is 11.5 Å². The van der Waals surface area contributed by atoms with Crippen LogP contribution in [0.2, 0.25) is 0 Å². The summed E-state index contributed by atoms with van der Waals surface area (Å²) in [4.78, 5) is 12.3. The largest absolute Gasteiger partial charge is 0.486 e. The van der Waals surface area contributed by atoms with Crippen molar-refractivity contribution < 1.29 is 22.7 Å². The van der Waals surface area contributed by atoms with Gasteiger partial charge >= 0.3 is 0 Å². The predicted molar refractivity (Wildman–Crippen MR) is 93.7 cm³/mol. The fraction of sp³-hybridized carbons (Fsp3) is 0.611. The van der Waals surface area contributed by atoms with Crippen LogP contribution in [-0.4, -0.2) is 39.3 Å². The molecule has 2 aliphatic rings. The molecule has 1 aliphatic carbocycles. The lowest BCUT2D eigenvalue weighted by Gasteiger charge is -2.29. The Morgan fingerprint density at radius 2 is 1.88 bits per heavy atom. The van der Waals surface area contributed by atoms with E-state index in [0.717, 1.165) is 19.3 Å². The van der Waals surface area contributed by atoms with Gasteiger partial charge < -0.3 is 14.8 Å². The number of hydrogen-bond donors (Lipinski definition) is 1. The number of carbonyl (C=O) groups is 1. The molecule has 6 nitrogen and oxygen atoms in total. The van der Waals surface area contributed by atoms with Crippen molar-refractivity contribution in [3.8, 4) is 11.5 Å². The van der Waals surface area contributed by atoms with Gasteiger partial charge in [0.1, 0.15) is 13.2 Å². The molecule has 1 N–H and O–H groups in total. The highest BCUT2D eigenvalue weighted by atomic mass is 32.2. The maximum absolute atomic E-state index is 12.5. The van der Waals surface area contributed by atoms with Gasteiger partial charge in [0.05, 0.1) is 10.6 Å². The van der Waals surface area contributed by atoms with E-state index in [-0.39, 0.29) is 29.0 Å². The Labute approximate surface area is 148 Å². The van der Waals surface area contributed by atoms with Gasteiger partial charge in [-0.15, -0.1) is 0 Å². The SMILES string of the molecule is C[C@@H]1CCCC[C@H]1NC(=O)CCS(=O)(=O)c1ccc2c(c1)OCCO2. The smallest absolute Gasteiger partial charge is 0.221 e. The molecule has 0 bridgehead atoms. The maximum Gasteiger partial charge on any atom is 0.221 e. The topological polar surface area (TPSA) is 81.7 Å². The maximum atomic E-state index is 12.5. The number of nitrogens with one attached hydrogen (secondary N) is 1. The highest BCUT2D eigenvalue weighted by molar-refractivity contribution is 7.91. The highest BCUT2D eigenvalue weighted by Crippen LogP contribution is 2.32. The molecular formula is C18H25NO5S. The van der Waals surface area contributed by atoms with Gasteiger partial charge in [-0.3, -0.25) is 4.79 Å². The van der Waals surface area contributed by atoms with E-state index in [2.05, 4.69) is 12.2 Å². The summed E-state index contributed by atoms with van der Waals surface area (Å²) in [6.07, 6.45) is 4.37. The van der Waals surface area contributed by atoms with Crippen molar-refractivity contribution in [3.63, 3.8) is 0 Å². The molecule has 0 unspecified atom stereocenters. The molecule has 7 heteroatoms. The van der Waals surface area contributed by atoms with Crippen LogP contribution in [0.25, 0.3) is 0 Å².